The fraction of sp³-hybridized carbons (Fsp3) is 0.481. The number of ether oxygens (including phenoxy) is 1. The van der Waals surface area contributed by atoms with Crippen molar-refractivity contribution in [3.8, 4) is 0 Å². The molecule has 1 saturated heterocycles. The summed E-state index contributed by atoms with van der Waals surface area (Å²) in [5, 5.41) is 2.87. The van der Waals surface area contributed by atoms with E-state index < -0.39 is 11.9 Å². The maximum Gasteiger partial charge on any atom is 0.251 e. The number of carbonyl (C=O) groups excluding carboxylic acids is 2. The quantitative estimate of drug-likeness (QED) is 0.513. The Morgan fingerprint density at radius 2 is 1.59 bits per heavy atom. The van der Waals surface area contributed by atoms with Crippen LogP contribution >= 0.6 is 0 Å². The van der Waals surface area contributed by atoms with Crippen molar-refractivity contribution in [2.75, 3.05) is 26.3 Å². The third kappa shape index (κ3) is 6.63. The summed E-state index contributed by atoms with van der Waals surface area (Å²) in [5.41, 5.74) is 1.55. The van der Waals surface area contributed by atoms with Crippen LogP contribution in [0.25, 0.3) is 0 Å². The number of unbranched alkanes of at least 4 members (excludes halogenated alkanes) is 2. The Labute approximate surface area is 199 Å². The van der Waals surface area contributed by atoms with E-state index in [0.717, 1.165) is 32.1 Å². The van der Waals surface area contributed by atoms with Gasteiger partial charge in [-0.05, 0) is 73.1 Å². The molecule has 2 aromatic carbocycles. The minimum absolute atomic E-state index is 0.0858. The summed E-state index contributed by atoms with van der Waals surface area (Å²) < 4.78 is 31.7. The molecule has 1 N–H and O–H groups in total. The van der Waals surface area contributed by atoms with E-state index in [4.69, 9.17) is 4.74 Å². The molecule has 2 fully saturated rings. The van der Waals surface area contributed by atoms with Crippen molar-refractivity contribution in [2.45, 2.75) is 50.5 Å². The van der Waals surface area contributed by atoms with Crippen molar-refractivity contribution >= 4 is 11.8 Å². The lowest BCUT2D eigenvalue weighted by Gasteiger charge is -2.30. The standard InChI is InChI=1S/C27H32F2N2O3/c28-22-10-6-19(7-11-22)24-18-21(24)4-2-1-3-5-25(27(33)31-14-16-34-17-15-31)30-26(32)20-8-12-23(29)13-9-20/h6-13,21,24-25H,1-5,14-18H2,(H,30,32)/t21-,24+,25+/m1/s1. The minimum atomic E-state index is -0.608. The Morgan fingerprint density at radius 1 is 0.941 bits per heavy atom. The first kappa shape index (κ1) is 24.3. The Morgan fingerprint density at radius 3 is 2.26 bits per heavy atom. The van der Waals surface area contributed by atoms with Crippen LogP contribution in [0.2, 0.25) is 0 Å². The van der Waals surface area contributed by atoms with E-state index >= 15 is 0 Å². The van der Waals surface area contributed by atoms with Crippen LogP contribution in [0.3, 0.4) is 0 Å². The van der Waals surface area contributed by atoms with E-state index in [0.29, 0.717) is 50.1 Å². The molecule has 1 saturated carbocycles. The van der Waals surface area contributed by atoms with Gasteiger partial charge < -0.3 is 15.0 Å². The number of morpholine rings is 1. The Hall–Kier alpha value is -2.80. The second-order valence-electron chi connectivity index (χ2n) is 9.26. The number of hydrogen-bond donors (Lipinski definition) is 1. The molecule has 1 aliphatic heterocycles. The predicted molar refractivity (Wildman–Crippen MR) is 125 cm³/mol. The van der Waals surface area contributed by atoms with E-state index in [9.17, 15) is 18.4 Å². The van der Waals surface area contributed by atoms with E-state index in [-0.39, 0.29) is 17.6 Å². The zero-order valence-corrected chi connectivity index (χ0v) is 19.3. The zero-order chi connectivity index (χ0) is 23.9. The Bertz CT molecular complexity index is 959. The normalized spacial score (nSPS) is 20.6. The molecule has 0 radical (unpaired) electrons. The molecule has 1 heterocycles. The molecule has 34 heavy (non-hydrogen) atoms. The highest BCUT2D eigenvalue weighted by Gasteiger charge is 2.37. The maximum atomic E-state index is 13.2. The molecular formula is C27H32F2N2O3. The van der Waals surface area contributed by atoms with Crippen molar-refractivity contribution in [2.24, 2.45) is 5.92 Å². The van der Waals surface area contributed by atoms with Gasteiger partial charge in [-0.25, -0.2) is 8.78 Å². The summed E-state index contributed by atoms with van der Waals surface area (Å²) in [6.45, 7) is 2.05. The first-order chi connectivity index (χ1) is 16.5. The van der Waals surface area contributed by atoms with Gasteiger partial charge in [-0.1, -0.05) is 31.4 Å². The molecule has 0 spiro atoms. The summed E-state index contributed by atoms with van der Waals surface area (Å²) in [6, 6.07) is 11.5. The van der Waals surface area contributed by atoms with Crippen LogP contribution in [-0.2, 0) is 9.53 Å². The Kier molecular flexibility index (Phi) is 8.27. The topological polar surface area (TPSA) is 58.6 Å². The van der Waals surface area contributed by atoms with Gasteiger partial charge in [0.1, 0.15) is 17.7 Å². The van der Waals surface area contributed by atoms with Gasteiger partial charge in [-0.2, -0.15) is 0 Å². The van der Waals surface area contributed by atoms with Crippen LogP contribution in [0.5, 0.6) is 0 Å². The molecule has 182 valence electrons. The molecule has 3 atom stereocenters. The lowest BCUT2D eigenvalue weighted by atomic mass is 10.0. The molecule has 2 aliphatic rings. The lowest BCUT2D eigenvalue weighted by molar-refractivity contribution is -0.137. The summed E-state index contributed by atoms with van der Waals surface area (Å²) in [4.78, 5) is 27.5. The average Bonchev–Trinajstić information content (AvgIpc) is 3.63. The van der Waals surface area contributed by atoms with Crippen molar-refractivity contribution in [1.82, 2.24) is 10.2 Å². The number of hydrogen-bond acceptors (Lipinski definition) is 3. The van der Waals surface area contributed by atoms with Crippen molar-refractivity contribution < 1.29 is 23.1 Å². The third-order valence-electron chi connectivity index (χ3n) is 6.82. The fourth-order valence-electron chi connectivity index (χ4n) is 4.72. The van der Waals surface area contributed by atoms with Crippen LogP contribution in [-0.4, -0.2) is 49.1 Å². The average molecular weight is 471 g/mol. The number of carbonyl (C=O) groups is 2. The summed E-state index contributed by atoms with van der Waals surface area (Å²) in [7, 11) is 0. The molecule has 5 nitrogen and oxygen atoms in total. The predicted octanol–water partition coefficient (Wildman–Crippen LogP) is 4.68. The van der Waals surface area contributed by atoms with Crippen LogP contribution in [0.15, 0.2) is 48.5 Å². The summed E-state index contributed by atoms with van der Waals surface area (Å²) >= 11 is 0. The molecule has 4 rings (SSSR count). The number of amides is 2. The molecule has 1 aliphatic carbocycles. The van der Waals surface area contributed by atoms with Crippen LogP contribution in [0.1, 0.15) is 60.4 Å². The third-order valence-corrected chi connectivity index (χ3v) is 6.82. The maximum absolute atomic E-state index is 13.2. The number of halogens is 2. The second kappa shape index (κ2) is 11.6. The van der Waals surface area contributed by atoms with Gasteiger partial charge >= 0.3 is 0 Å². The van der Waals surface area contributed by atoms with E-state index in [2.05, 4.69) is 5.32 Å². The van der Waals surface area contributed by atoms with Crippen molar-refractivity contribution in [3.63, 3.8) is 0 Å². The molecule has 2 amide bonds. The smallest absolute Gasteiger partial charge is 0.251 e. The monoisotopic (exact) mass is 470 g/mol. The van der Waals surface area contributed by atoms with Crippen molar-refractivity contribution in [1.29, 1.82) is 0 Å². The number of nitrogens with one attached hydrogen (secondary N) is 1. The highest BCUT2D eigenvalue weighted by Crippen LogP contribution is 2.50. The van der Waals surface area contributed by atoms with Gasteiger partial charge in [-0.15, -0.1) is 0 Å². The molecule has 0 unspecified atom stereocenters. The SMILES string of the molecule is O=C(N[C@@H](CCCCC[C@@H]1C[C@H]1c1ccc(F)cc1)C(=O)N1CCOCC1)c1ccc(F)cc1. The highest BCUT2D eigenvalue weighted by atomic mass is 19.1. The fourth-order valence-corrected chi connectivity index (χ4v) is 4.72. The number of benzene rings is 2. The number of rotatable bonds is 10. The highest BCUT2D eigenvalue weighted by molar-refractivity contribution is 5.97. The molecule has 0 aromatic heterocycles. The van der Waals surface area contributed by atoms with Gasteiger partial charge in [0, 0.05) is 18.7 Å². The lowest BCUT2D eigenvalue weighted by Crippen LogP contribution is -2.51. The molecule has 2 aromatic rings. The molecule has 0 bridgehead atoms. The minimum Gasteiger partial charge on any atom is -0.378 e. The van der Waals surface area contributed by atoms with Crippen molar-refractivity contribution in [3.05, 3.63) is 71.3 Å². The van der Waals surface area contributed by atoms with E-state index in [1.165, 1.54) is 42.0 Å². The van der Waals surface area contributed by atoms with Gasteiger partial charge in [-0.3, -0.25) is 9.59 Å². The van der Waals surface area contributed by atoms with Crippen LogP contribution < -0.4 is 5.32 Å². The number of nitrogens with zero attached hydrogens (tertiary/aromatic N) is 1. The second-order valence-corrected chi connectivity index (χ2v) is 9.26. The zero-order valence-electron chi connectivity index (χ0n) is 19.3. The molecule has 7 heteroatoms. The van der Waals surface area contributed by atoms with Gasteiger partial charge in [0.2, 0.25) is 5.91 Å². The Balaban J connectivity index is 1.25. The summed E-state index contributed by atoms with van der Waals surface area (Å²) in [6.07, 6.45) is 5.70. The van der Waals surface area contributed by atoms with Gasteiger partial charge in [0.15, 0.2) is 0 Å². The van der Waals surface area contributed by atoms with Crippen LogP contribution in [0, 0.1) is 17.6 Å². The van der Waals surface area contributed by atoms with E-state index in [1.54, 1.807) is 4.90 Å². The van der Waals surface area contributed by atoms with Crippen LogP contribution in [0.4, 0.5) is 8.78 Å². The largest absolute Gasteiger partial charge is 0.378 e. The first-order valence-corrected chi connectivity index (χ1v) is 12.2. The van der Waals surface area contributed by atoms with Gasteiger partial charge in [0.25, 0.3) is 5.91 Å². The summed E-state index contributed by atoms with van der Waals surface area (Å²) in [5.74, 6) is 0.119. The van der Waals surface area contributed by atoms with Gasteiger partial charge in [0.05, 0.1) is 13.2 Å². The molecular weight excluding hydrogens is 438 g/mol. The first-order valence-electron chi connectivity index (χ1n) is 12.2. The van der Waals surface area contributed by atoms with E-state index in [1.807, 2.05) is 12.1 Å².